The summed E-state index contributed by atoms with van der Waals surface area (Å²) in [5.74, 6) is 0.967. The molecule has 216 valence electrons. The standard InChI is InChI=1S/C17H29N3O7S.C8H19N/c21-14(18-5-6-25-7-8-26-9-10-27-17(23)24)4-2-1-3-13-15-12(11-28-13)19-16(22)20-15;1-6-9(7(2)3)8(4)5/h12-13,15H,1-11H2,(H,18,21)(H,23,24)(H2,19,20,22);7-8H,6H2,1-5H3/t12-,13-,15-;/m0./s1. The van der Waals surface area contributed by atoms with E-state index < -0.39 is 6.16 Å². The number of hydrogen-bond donors (Lipinski definition) is 4. The normalized spacial score (nSPS) is 20.3. The Hall–Kier alpha value is -1.76. The lowest BCUT2D eigenvalue weighted by atomic mass is 10.0. The summed E-state index contributed by atoms with van der Waals surface area (Å²) in [5.41, 5.74) is 0. The molecule has 0 spiro atoms. The molecular weight excluding hydrogens is 500 g/mol. The van der Waals surface area contributed by atoms with E-state index in [0.717, 1.165) is 31.6 Å². The van der Waals surface area contributed by atoms with Gasteiger partial charge in [-0.15, -0.1) is 0 Å². The fourth-order valence-corrected chi connectivity index (χ4v) is 6.01. The molecule has 0 bridgehead atoms. The van der Waals surface area contributed by atoms with E-state index in [0.29, 0.717) is 50.1 Å². The number of carbonyl (C=O) groups is 3. The predicted octanol–water partition coefficient (Wildman–Crippen LogP) is 2.68. The van der Waals surface area contributed by atoms with Crippen LogP contribution in [0.25, 0.3) is 0 Å². The van der Waals surface area contributed by atoms with Crippen LogP contribution in [-0.4, -0.2) is 109 Å². The van der Waals surface area contributed by atoms with Gasteiger partial charge in [-0.25, -0.2) is 9.59 Å². The largest absolute Gasteiger partial charge is 0.505 e. The van der Waals surface area contributed by atoms with Crippen molar-refractivity contribution in [2.24, 2.45) is 0 Å². The predicted molar refractivity (Wildman–Crippen MR) is 145 cm³/mol. The summed E-state index contributed by atoms with van der Waals surface area (Å²) in [7, 11) is 0. The fourth-order valence-electron chi connectivity index (χ4n) is 4.46. The summed E-state index contributed by atoms with van der Waals surface area (Å²) in [6, 6.07) is 1.78. The minimum atomic E-state index is -1.32. The topological polar surface area (TPSA) is 138 Å². The average Bonchev–Trinajstić information content (AvgIpc) is 3.37. The van der Waals surface area contributed by atoms with Crippen LogP contribution in [0.3, 0.4) is 0 Å². The third kappa shape index (κ3) is 14.7. The average molecular weight is 549 g/mol. The molecule has 0 radical (unpaired) electrons. The van der Waals surface area contributed by atoms with Crippen molar-refractivity contribution >= 4 is 29.9 Å². The molecule has 2 saturated heterocycles. The van der Waals surface area contributed by atoms with Gasteiger partial charge in [0, 0.05) is 36.1 Å². The Kier molecular flexibility index (Phi) is 17.4. The Morgan fingerprint density at radius 3 is 2.30 bits per heavy atom. The summed E-state index contributed by atoms with van der Waals surface area (Å²) in [6.07, 6.45) is 1.96. The molecule has 4 N–H and O–H groups in total. The maximum absolute atomic E-state index is 11.8. The van der Waals surface area contributed by atoms with Crippen LogP contribution < -0.4 is 16.0 Å². The highest BCUT2D eigenvalue weighted by atomic mass is 32.2. The van der Waals surface area contributed by atoms with E-state index in [1.165, 1.54) is 0 Å². The van der Waals surface area contributed by atoms with Crippen LogP contribution in [0.4, 0.5) is 9.59 Å². The number of amides is 3. The van der Waals surface area contributed by atoms with Gasteiger partial charge in [0.05, 0.1) is 38.5 Å². The molecule has 2 fully saturated rings. The molecule has 2 heterocycles. The van der Waals surface area contributed by atoms with Crippen molar-refractivity contribution in [2.75, 3.05) is 51.9 Å². The van der Waals surface area contributed by atoms with E-state index in [1.54, 1.807) is 0 Å². The lowest BCUT2D eigenvalue weighted by molar-refractivity contribution is -0.121. The second-order valence-electron chi connectivity index (χ2n) is 9.57. The van der Waals surface area contributed by atoms with Crippen LogP contribution >= 0.6 is 11.8 Å². The molecule has 2 aliphatic heterocycles. The van der Waals surface area contributed by atoms with E-state index in [1.807, 2.05) is 11.8 Å². The minimum absolute atomic E-state index is 0.00239. The van der Waals surface area contributed by atoms with E-state index in [9.17, 15) is 14.4 Å². The van der Waals surface area contributed by atoms with Crippen LogP contribution in [0.1, 0.15) is 60.3 Å². The Balaban J connectivity index is 0.000000649. The second kappa shape index (κ2) is 19.3. The first-order chi connectivity index (χ1) is 17.6. The summed E-state index contributed by atoms with van der Waals surface area (Å²) in [5, 5.41) is 17.4. The zero-order valence-electron chi connectivity index (χ0n) is 23.1. The third-order valence-electron chi connectivity index (χ3n) is 6.17. The highest BCUT2D eigenvalue weighted by Crippen LogP contribution is 2.33. The maximum Gasteiger partial charge on any atom is 0.505 e. The first kappa shape index (κ1) is 33.3. The number of unbranched alkanes of at least 4 members (excludes halogenated alkanes) is 1. The van der Waals surface area contributed by atoms with Crippen molar-refractivity contribution in [2.45, 2.75) is 89.7 Å². The van der Waals surface area contributed by atoms with E-state index in [2.05, 4.69) is 60.2 Å². The number of ether oxygens (including phenoxy) is 3. The van der Waals surface area contributed by atoms with Gasteiger partial charge in [-0.1, -0.05) is 13.3 Å². The monoisotopic (exact) mass is 548 g/mol. The van der Waals surface area contributed by atoms with Gasteiger partial charge in [-0.3, -0.25) is 9.69 Å². The highest BCUT2D eigenvalue weighted by molar-refractivity contribution is 8.00. The van der Waals surface area contributed by atoms with E-state index in [-0.39, 0.29) is 37.2 Å². The summed E-state index contributed by atoms with van der Waals surface area (Å²) in [4.78, 5) is 35.7. The van der Waals surface area contributed by atoms with Gasteiger partial charge in [0.15, 0.2) is 0 Å². The van der Waals surface area contributed by atoms with Crippen LogP contribution in [0.15, 0.2) is 0 Å². The molecule has 3 atom stereocenters. The molecule has 2 rings (SSSR count). The zero-order chi connectivity index (χ0) is 27.6. The Morgan fingerprint density at radius 1 is 1.05 bits per heavy atom. The molecule has 0 aliphatic carbocycles. The van der Waals surface area contributed by atoms with Crippen molar-refractivity contribution in [3.63, 3.8) is 0 Å². The summed E-state index contributed by atoms with van der Waals surface area (Å²) in [6.45, 7) is 14.1. The van der Waals surface area contributed by atoms with Gasteiger partial charge >= 0.3 is 12.2 Å². The fraction of sp³-hybridized carbons (Fsp3) is 0.880. The highest BCUT2D eigenvalue weighted by Gasteiger charge is 2.42. The second-order valence-corrected chi connectivity index (χ2v) is 10.8. The number of carbonyl (C=O) groups excluding carboxylic acids is 2. The molecule has 0 unspecified atom stereocenters. The zero-order valence-corrected chi connectivity index (χ0v) is 23.9. The third-order valence-corrected chi connectivity index (χ3v) is 7.67. The van der Waals surface area contributed by atoms with Gasteiger partial charge < -0.3 is 35.3 Å². The quantitative estimate of drug-likeness (QED) is 0.123. The molecule has 0 aromatic carbocycles. The van der Waals surface area contributed by atoms with E-state index in [4.69, 9.17) is 14.6 Å². The van der Waals surface area contributed by atoms with Crippen LogP contribution in [-0.2, 0) is 19.0 Å². The minimum Gasteiger partial charge on any atom is -0.450 e. The number of nitrogens with one attached hydrogen (secondary N) is 3. The number of hydrogen-bond acceptors (Lipinski definition) is 8. The molecular formula is C25H48N4O7S. The number of rotatable bonds is 17. The molecule has 37 heavy (non-hydrogen) atoms. The molecule has 0 saturated carbocycles. The SMILES string of the molecule is CCN(C(C)C)C(C)C.O=C(CCCC[C@@H]1SC[C@@H]2NC(=O)N[C@@H]21)NCCOCCOCCOC(=O)O. The first-order valence-electron chi connectivity index (χ1n) is 13.4. The van der Waals surface area contributed by atoms with E-state index >= 15 is 0 Å². The molecule has 0 aromatic heterocycles. The molecule has 3 amide bonds. The number of urea groups is 1. The summed E-state index contributed by atoms with van der Waals surface area (Å²) < 4.78 is 14.7. The Morgan fingerprint density at radius 2 is 1.70 bits per heavy atom. The van der Waals surface area contributed by atoms with Gasteiger partial charge in [0.25, 0.3) is 0 Å². The first-order valence-corrected chi connectivity index (χ1v) is 14.4. The smallest absolute Gasteiger partial charge is 0.450 e. The van der Waals surface area contributed by atoms with Gasteiger partial charge in [-0.05, 0) is 47.1 Å². The molecule has 11 nitrogen and oxygen atoms in total. The number of thioether (sulfide) groups is 1. The van der Waals surface area contributed by atoms with Gasteiger partial charge in [0.1, 0.15) is 6.61 Å². The van der Waals surface area contributed by atoms with Crippen LogP contribution in [0.5, 0.6) is 0 Å². The molecule has 12 heteroatoms. The van der Waals surface area contributed by atoms with Crippen molar-refractivity contribution in [3.8, 4) is 0 Å². The molecule has 0 aromatic rings. The van der Waals surface area contributed by atoms with Gasteiger partial charge in [-0.2, -0.15) is 11.8 Å². The number of nitrogens with zero attached hydrogens (tertiary/aromatic N) is 1. The van der Waals surface area contributed by atoms with Crippen molar-refractivity contribution in [1.82, 2.24) is 20.9 Å². The number of fused-ring (bicyclic) bond motifs is 1. The summed E-state index contributed by atoms with van der Waals surface area (Å²) >= 11 is 1.89. The van der Waals surface area contributed by atoms with Crippen molar-refractivity contribution in [1.29, 1.82) is 0 Å². The lowest BCUT2D eigenvalue weighted by Gasteiger charge is -2.28. The number of carboxylic acid groups (broad SMARTS) is 1. The van der Waals surface area contributed by atoms with Gasteiger partial charge in [0.2, 0.25) is 5.91 Å². The molecule has 2 aliphatic rings. The van der Waals surface area contributed by atoms with Crippen molar-refractivity contribution in [3.05, 3.63) is 0 Å². The van der Waals surface area contributed by atoms with Crippen LogP contribution in [0, 0.1) is 0 Å². The maximum atomic E-state index is 11.8. The Bertz CT molecular complexity index is 661. The lowest BCUT2D eigenvalue weighted by Crippen LogP contribution is -2.36. The van der Waals surface area contributed by atoms with Crippen molar-refractivity contribution < 1.29 is 33.7 Å². The van der Waals surface area contributed by atoms with Crippen LogP contribution in [0.2, 0.25) is 0 Å². The Labute approximate surface area is 226 Å².